The number of sulfone groups is 1. The van der Waals surface area contributed by atoms with E-state index < -0.39 is 27.3 Å². The molecule has 40 heavy (non-hydrogen) atoms. The summed E-state index contributed by atoms with van der Waals surface area (Å²) >= 11 is 0. The number of hydrazine groups is 1. The van der Waals surface area contributed by atoms with E-state index in [4.69, 9.17) is 4.74 Å². The lowest BCUT2D eigenvalue weighted by molar-refractivity contribution is -0.134. The Morgan fingerprint density at radius 2 is 1.80 bits per heavy atom. The second kappa shape index (κ2) is 11.6. The monoisotopic (exact) mass is 577 g/mol. The van der Waals surface area contributed by atoms with Gasteiger partial charge >= 0.3 is 6.09 Å². The molecule has 4 rings (SSSR count). The molecule has 1 aromatic carbocycles. The van der Waals surface area contributed by atoms with Crippen LogP contribution < -0.4 is 10.7 Å². The molecule has 2 aromatic rings. The van der Waals surface area contributed by atoms with Crippen molar-refractivity contribution < 1.29 is 27.1 Å². The molecular weight excluding hydrogens is 541 g/mol. The van der Waals surface area contributed by atoms with Crippen molar-refractivity contribution in [3.8, 4) is 0 Å². The number of hydrogen-bond donors (Lipinski definition) is 2. The maximum Gasteiger partial charge on any atom is 0.422 e. The van der Waals surface area contributed by atoms with E-state index in [1.165, 1.54) is 12.1 Å². The highest BCUT2D eigenvalue weighted by molar-refractivity contribution is 7.90. The minimum Gasteiger partial charge on any atom is -0.443 e. The van der Waals surface area contributed by atoms with Crippen LogP contribution in [0, 0.1) is 12.7 Å². The number of ether oxygens (including phenoxy) is 1. The normalized spacial score (nSPS) is 16.8. The molecule has 0 saturated carbocycles. The van der Waals surface area contributed by atoms with Crippen LogP contribution in [0.4, 0.5) is 20.7 Å². The number of halogens is 1. The lowest BCUT2D eigenvalue weighted by Crippen LogP contribution is -2.56. The molecule has 0 unspecified atom stereocenters. The number of aromatic nitrogens is 2. The Bertz CT molecular complexity index is 1390. The van der Waals surface area contributed by atoms with Crippen molar-refractivity contribution in [3.05, 3.63) is 41.1 Å². The Balaban J connectivity index is 1.38. The van der Waals surface area contributed by atoms with E-state index in [2.05, 4.69) is 20.7 Å². The van der Waals surface area contributed by atoms with Gasteiger partial charge in [0.1, 0.15) is 23.1 Å². The maximum atomic E-state index is 14.8. The molecule has 0 spiro atoms. The summed E-state index contributed by atoms with van der Waals surface area (Å²) in [6.45, 7) is 10.3. The first-order valence-electron chi connectivity index (χ1n) is 13.1. The van der Waals surface area contributed by atoms with Gasteiger partial charge in [-0.15, -0.1) is 0 Å². The molecule has 218 valence electrons. The van der Waals surface area contributed by atoms with Crippen molar-refractivity contribution in [2.75, 3.05) is 50.8 Å². The molecule has 14 heteroatoms. The molecule has 3 heterocycles. The van der Waals surface area contributed by atoms with E-state index in [1.807, 2.05) is 4.90 Å². The smallest absolute Gasteiger partial charge is 0.422 e. The Labute approximate surface area is 233 Å². The molecule has 1 saturated heterocycles. The topological polar surface area (TPSA) is 137 Å². The molecule has 0 aliphatic carbocycles. The molecule has 0 radical (unpaired) electrons. The number of benzene rings is 1. The van der Waals surface area contributed by atoms with E-state index in [9.17, 15) is 22.4 Å². The zero-order valence-corrected chi connectivity index (χ0v) is 24.3. The predicted molar refractivity (Wildman–Crippen MR) is 146 cm³/mol. The first-order valence-corrected chi connectivity index (χ1v) is 14.9. The van der Waals surface area contributed by atoms with Crippen molar-refractivity contribution in [2.45, 2.75) is 51.2 Å². The lowest BCUT2D eigenvalue weighted by atomic mass is 10.1. The number of amides is 2. The number of piperazine rings is 1. The van der Waals surface area contributed by atoms with Gasteiger partial charge < -0.3 is 15.0 Å². The van der Waals surface area contributed by atoms with Crippen LogP contribution in [-0.4, -0.2) is 96.3 Å². The molecule has 1 aromatic heterocycles. The standard InChI is InChI=1S/C26H36FN7O5S/c1-17-28-21-8-9-32(16-23(35)33-10-12-34(13-11-33)31-25(36)39-26(2,3)4)15-19(21)24(29-17)30-22-7-6-18(14-20(22)27)40(5,37)38/h6-7,14H,8-13,15-16H2,1-5H3,(H,31,36)(H,28,29,30). The second-order valence-electron chi connectivity index (χ2n) is 11.0. The van der Waals surface area contributed by atoms with E-state index in [0.29, 0.717) is 57.3 Å². The quantitative estimate of drug-likeness (QED) is 0.525. The van der Waals surface area contributed by atoms with Gasteiger partial charge in [-0.1, -0.05) is 0 Å². The third kappa shape index (κ3) is 7.64. The van der Waals surface area contributed by atoms with Gasteiger partial charge in [-0.25, -0.2) is 32.6 Å². The number of rotatable bonds is 6. The van der Waals surface area contributed by atoms with Crippen molar-refractivity contribution in [1.82, 2.24) is 30.2 Å². The Morgan fingerprint density at radius 3 is 2.42 bits per heavy atom. The van der Waals surface area contributed by atoms with Gasteiger partial charge in [-0.3, -0.25) is 15.1 Å². The van der Waals surface area contributed by atoms with Crippen molar-refractivity contribution >= 4 is 33.3 Å². The summed E-state index contributed by atoms with van der Waals surface area (Å²) in [6, 6.07) is 3.69. The number of anilines is 2. The largest absolute Gasteiger partial charge is 0.443 e. The van der Waals surface area contributed by atoms with Crippen molar-refractivity contribution in [1.29, 1.82) is 0 Å². The van der Waals surface area contributed by atoms with Gasteiger partial charge in [0.15, 0.2) is 9.84 Å². The molecule has 0 bridgehead atoms. The second-order valence-corrected chi connectivity index (χ2v) is 13.0. The number of fused-ring (bicyclic) bond motifs is 1. The first-order chi connectivity index (χ1) is 18.7. The molecular formula is C26H36FN7O5S. The van der Waals surface area contributed by atoms with Crippen LogP contribution in [0.25, 0.3) is 0 Å². The fraction of sp³-hybridized carbons (Fsp3) is 0.538. The highest BCUT2D eigenvalue weighted by Crippen LogP contribution is 2.28. The zero-order valence-electron chi connectivity index (χ0n) is 23.5. The molecule has 1 fully saturated rings. The summed E-state index contributed by atoms with van der Waals surface area (Å²) in [5.41, 5.74) is 3.82. The van der Waals surface area contributed by atoms with E-state index >= 15 is 0 Å². The number of nitrogens with zero attached hydrogens (tertiary/aromatic N) is 5. The molecule has 2 amide bonds. The highest BCUT2D eigenvalue weighted by Gasteiger charge is 2.28. The molecule has 2 N–H and O–H groups in total. The van der Waals surface area contributed by atoms with Crippen molar-refractivity contribution in [3.63, 3.8) is 0 Å². The average molecular weight is 578 g/mol. The predicted octanol–water partition coefficient (Wildman–Crippen LogP) is 2.01. The van der Waals surface area contributed by atoms with E-state index in [-0.39, 0.29) is 23.0 Å². The zero-order chi connectivity index (χ0) is 29.2. The number of hydrogen-bond acceptors (Lipinski definition) is 10. The Kier molecular flexibility index (Phi) is 8.61. The summed E-state index contributed by atoms with van der Waals surface area (Å²) in [4.78, 5) is 37.8. The number of nitrogens with one attached hydrogen (secondary N) is 2. The number of aryl methyl sites for hydroxylation is 1. The molecule has 12 nitrogen and oxygen atoms in total. The SMILES string of the molecule is Cc1nc2c(c(Nc3ccc(S(C)(=O)=O)cc3F)n1)CN(CC(=O)N1CCN(NC(=O)OC(C)(C)C)CC1)CC2. The summed E-state index contributed by atoms with van der Waals surface area (Å²) in [6.07, 6.45) is 1.10. The Morgan fingerprint density at radius 1 is 1.10 bits per heavy atom. The minimum absolute atomic E-state index is 0.0229. The highest BCUT2D eigenvalue weighted by atomic mass is 32.2. The summed E-state index contributed by atoms with van der Waals surface area (Å²) in [7, 11) is -3.54. The summed E-state index contributed by atoms with van der Waals surface area (Å²) in [5.74, 6) is 0.214. The van der Waals surface area contributed by atoms with Crippen LogP contribution in [0.2, 0.25) is 0 Å². The first kappa shape index (κ1) is 29.6. The van der Waals surface area contributed by atoms with Crippen LogP contribution >= 0.6 is 0 Å². The van der Waals surface area contributed by atoms with Crippen molar-refractivity contribution in [2.24, 2.45) is 0 Å². The Hall–Kier alpha value is -3.36. The van der Waals surface area contributed by atoms with E-state index in [0.717, 1.165) is 23.6 Å². The van der Waals surface area contributed by atoms with E-state index in [1.54, 1.807) is 37.6 Å². The number of carbonyl (C=O) groups is 2. The maximum absolute atomic E-state index is 14.8. The van der Waals surface area contributed by atoms with Gasteiger partial charge in [-0.2, -0.15) is 0 Å². The van der Waals surface area contributed by atoms with Crippen LogP contribution in [0.5, 0.6) is 0 Å². The number of carbonyl (C=O) groups excluding carboxylic acids is 2. The van der Waals surface area contributed by atoms with Gasteiger partial charge in [0, 0.05) is 57.5 Å². The average Bonchev–Trinajstić information content (AvgIpc) is 2.84. The summed E-state index contributed by atoms with van der Waals surface area (Å²) in [5, 5.41) is 4.74. The van der Waals surface area contributed by atoms with Crippen LogP contribution in [-0.2, 0) is 32.3 Å². The fourth-order valence-corrected chi connectivity index (χ4v) is 5.21. The van der Waals surface area contributed by atoms with Crippen LogP contribution in [0.15, 0.2) is 23.1 Å². The van der Waals surface area contributed by atoms with Gasteiger partial charge in [-0.05, 0) is 45.9 Å². The lowest BCUT2D eigenvalue weighted by Gasteiger charge is -2.36. The van der Waals surface area contributed by atoms with Gasteiger partial charge in [0.2, 0.25) is 5.91 Å². The third-order valence-electron chi connectivity index (χ3n) is 6.51. The van der Waals surface area contributed by atoms with Crippen LogP contribution in [0.3, 0.4) is 0 Å². The molecule has 0 atom stereocenters. The molecule has 2 aliphatic heterocycles. The van der Waals surface area contributed by atoms with Gasteiger partial charge in [0.25, 0.3) is 0 Å². The van der Waals surface area contributed by atoms with Gasteiger partial charge in [0.05, 0.1) is 22.8 Å². The summed E-state index contributed by atoms with van der Waals surface area (Å²) < 4.78 is 43.6. The molecule has 2 aliphatic rings. The minimum atomic E-state index is -3.54. The fourth-order valence-electron chi connectivity index (χ4n) is 4.58. The third-order valence-corrected chi connectivity index (χ3v) is 7.62. The van der Waals surface area contributed by atoms with Crippen LogP contribution in [0.1, 0.15) is 37.9 Å².